The average molecular weight is 365 g/mol. The number of nitrogens with zero attached hydrogens (tertiary/aromatic N) is 1. The molecule has 0 N–H and O–H groups in total. The summed E-state index contributed by atoms with van der Waals surface area (Å²) in [6, 6.07) is 26.7. The number of hydrogen-bond donors (Lipinski definition) is 0. The third-order valence-electron chi connectivity index (χ3n) is 4.73. The van der Waals surface area contributed by atoms with Crippen molar-refractivity contribution in [3.05, 3.63) is 101 Å². The number of hydrogen-bond acceptors (Lipinski definition) is 4. The predicted octanol–water partition coefficient (Wildman–Crippen LogP) is 5.78. The van der Waals surface area contributed by atoms with Gasteiger partial charge in [0.25, 0.3) is 0 Å². The van der Waals surface area contributed by atoms with Crippen molar-refractivity contribution in [3.8, 4) is 33.7 Å². The molecule has 0 saturated carbocycles. The summed E-state index contributed by atoms with van der Waals surface area (Å²) in [5, 5.41) is 4.79. The number of para-hydroxylation sites is 1. The molecule has 134 valence electrons. The fraction of sp³-hybridized carbons (Fsp3) is 0. The summed E-state index contributed by atoms with van der Waals surface area (Å²) < 4.78 is 11.4. The molecule has 0 radical (unpaired) electrons. The van der Waals surface area contributed by atoms with Gasteiger partial charge in [0.05, 0.1) is 16.5 Å². The van der Waals surface area contributed by atoms with Gasteiger partial charge >= 0.3 is 0 Å². The van der Waals surface area contributed by atoms with Crippen LogP contribution in [0.5, 0.6) is 0 Å². The van der Waals surface area contributed by atoms with Crippen molar-refractivity contribution in [2.75, 3.05) is 0 Å². The summed E-state index contributed by atoms with van der Waals surface area (Å²) in [6.45, 7) is 0. The zero-order chi connectivity index (χ0) is 18.9. The molecule has 0 atom stereocenters. The van der Waals surface area contributed by atoms with Crippen molar-refractivity contribution in [2.24, 2.45) is 0 Å². The topological polar surface area (TPSA) is 56.2 Å². The van der Waals surface area contributed by atoms with E-state index in [1.54, 1.807) is 12.1 Å². The summed E-state index contributed by atoms with van der Waals surface area (Å²) in [4.78, 5) is 13.1. The summed E-state index contributed by atoms with van der Waals surface area (Å²) in [5.41, 5.74) is 3.86. The van der Waals surface area contributed by atoms with Gasteiger partial charge in [-0.05, 0) is 17.7 Å². The lowest BCUT2D eigenvalue weighted by atomic mass is 9.96. The molecular weight excluding hydrogens is 350 g/mol. The van der Waals surface area contributed by atoms with Crippen LogP contribution in [-0.4, -0.2) is 5.16 Å². The number of rotatable bonds is 3. The molecule has 0 spiro atoms. The fourth-order valence-corrected chi connectivity index (χ4v) is 3.37. The van der Waals surface area contributed by atoms with E-state index < -0.39 is 0 Å². The van der Waals surface area contributed by atoms with Crippen molar-refractivity contribution in [1.82, 2.24) is 5.16 Å². The molecular formula is C24H15NO3. The Morgan fingerprint density at radius 1 is 0.714 bits per heavy atom. The van der Waals surface area contributed by atoms with Gasteiger partial charge in [-0.15, -0.1) is 0 Å². The van der Waals surface area contributed by atoms with Gasteiger partial charge in [0.15, 0.2) is 5.76 Å². The molecule has 0 fully saturated rings. The smallest absolute Gasteiger partial charge is 0.202 e. The normalized spacial score (nSPS) is 11.0. The second-order valence-corrected chi connectivity index (χ2v) is 6.44. The maximum Gasteiger partial charge on any atom is 0.202 e. The lowest BCUT2D eigenvalue weighted by Gasteiger charge is -2.05. The lowest BCUT2D eigenvalue weighted by Crippen LogP contribution is -2.05. The number of fused-ring (bicyclic) bond motifs is 1. The Morgan fingerprint density at radius 3 is 2.11 bits per heavy atom. The Morgan fingerprint density at radius 2 is 1.36 bits per heavy atom. The van der Waals surface area contributed by atoms with Gasteiger partial charge in [-0.25, -0.2) is 0 Å². The molecule has 0 unspecified atom stereocenters. The van der Waals surface area contributed by atoms with E-state index >= 15 is 0 Å². The highest BCUT2D eigenvalue weighted by Crippen LogP contribution is 2.39. The largest absolute Gasteiger partial charge is 0.463 e. The van der Waals surface area contributed by atoms with Crippen LogP contribution in [0.2, 0.25) is 0 Å². The van der Waals surface area contributed by atoms with Crippen LogP contribution in [-0.2, 0) is 0 Å². The Bertz CT molecular complexity index is 1320. The van der Waals surface area contributed by atoms with Crippen LogP contribution in [0, 0.1) is 0 Å². The molecule has 0 saturated heterocycles. The molecule has 3 aromatic carbocycles. The van der Waals surface area contributed by atoms with Crippen molar-refractivity contribution in [2.45, 2.75) is 0 Å². The van der Waals surface area contributed by atoms with Crippen molar-refractivity contribution in [3.63, 3.8) is 0 Å². The summed E-state index contributed by atoms with van der Waals surface area (Å²) in [7, 11) is 0. The van der Waals surface area contributed by atoms with E-state index in [1.807, 2.05) is 72.8 Å². The minimum absolute atomic E-state index is 0.132. The standard InChI is InChI=1S/C24H15NO3/c26-23-18-13-7-8-14-20(18)27-15-19(23)22-21(16-9-3-1-4-10-16)24(28-25-22)17-11-5-2-6-12-17/h1-15H. The van der Waals surface area contributed by atoms with E-state index in [2.05, 4.69) is 5.16 Å². The molecule has 0 bridgehead atoms. The zero-order valence-corrected chi connectivity index (χ0v) is 14.8. The van der Waals surface area contributed by atoms with Gasteiger partial charge in [0.2, 0.25) is 5.43 Å². The molecule has 5 aromatic rings. The molecule has 28 heavy (non-hydrogen) atoms. The summed E-state index contributed by atoms with van der Waals surface area (Å²) >= 11 is 0. The monoisotopic (exact) mass is 365 g/mol. The second kappa shape index (κ2) is 6.67. The summed E-state index contributed by atoms with van der Waals surface area (Å²) in [5.74, 6) is 0.620. The molecule has 2 heterocycles. The zero-order valence-electron chi connectivity index (χ0n) is 14.8. The Labute approximate surface area is 160 Å². The van der Waals surface area contributed by atoms with E-state index in [0.29, 0.717) is 28.0 Å². The molecule has 0 amide bonds. The Kier molecular flexibility index (Phi) is 3.87. The van der Waals surface area contributed by atoms with Crippen LogP contribution in [0.25, 0.3) is 44.7 Å². The highest BCUT2D eigenvalue weighted by Gasteiger charge is 2.23. The number of benzene rings is 3. The van der Waals surface area contributed by atoms with Crippen LogP contribution in [0.3, 0.4) is 0 Å². The van der Waals surface area contributed by atoms with E-state index in [4.69, 9.17) is 8.94 Å². The van der Waals surface area contributed by atoms with Gasteiger partial charge in [-0.1, -0.05) is 78.0 Å². The van der Waals surface area contributed by atoms with Crippen LogP contribution < -0.4 is 5.43 Å². The first-order chi connectivity index (χ1) is 13.8. The van der Waals surface area contributed by atoms with Crippen molar-refractivity contribution >= 4 is 11.0 Å². The predicted molar refractivity (Wildman–Crippen MR) is 109 cm³/mol. The van der Waals surface area contributed by atoms with Crippen LogP contribution in [0.15, 0.2) is 105 Å². The Balaban J connectivity index is 1.81. The van der Waals surface area contributed by atoms with Gasteiger partial charge < -0.3 is 8.94 Å². The minimum atomic E-state index is -0.132. The first kappa shape index (κ1) is 16.3. The lowest BCUT2D eigenvalue weighted by molar-refractivity contribution is 0.435. The maximum atomic E-state index is 13.1. The molecule has 4 nitrogen and oxygen atoms in total. The van der Waals surface area contributed by atoms with Gasteiger partial charge in [0, 0.05) is 5.56 Å². The van der Waals surface area contributed by atoms with E-state index in [1.165, 1.54) is 6.26 Å². The van der Waals surface area contributed by atoms with Crippen LogP contribution in [0.4, 0.5) is 0 Å². The van der Waals surface area contributed by atoms with E-state index in [-0.39, 0.29) is 5.43 Å². The third kappa shape index (κ3) is 2.63. The molecule has 2 aromatic heterocycles. The van der Waals surface area contributed by atoms with Gasteiger partial charge in [0.1, 0.15) is 17.5 Å². The van der Waals surface area contributed by atoms with E-state index in [9.17, 15) is 4.79 Å². The Hall–Kier alpha value is -3.92. The van der Waals surface area contributed by atoms with E-state index in [0.717, 1.165) is 16.7 Å². The molecule has 4 heteroatoms. The van der Waals surface area contributed by atoms with Crippen LogP contribution in [0.1, 0.15) is 0 Å². The molecule has 0 aliphatic carbocycles. The quantitative estimate of drug-likeness (QED) is 0.406. The highest BCUT2D eigenvalue weighted by molar-refractivity contribution is 5.92. The highest BCUT2D eigenvalue weighted by atomic mass is 16.5. The summed E-state index contributed by atoms with van der Waals surface area (Å²) in [6.07, 6.45) is 1.46. The molecule has 0 aliphatic heterocycles. The van der Waals surface area contributed by atoms with Crippen LogP contribution >= 0.6 is 0 Å². The molecule has 5 rings (SSSR count). The van der Waals surface area contributed by atoms with Gasteiger partial charge in [-0.3, -0.25) is 4.79 Å². The minimum Gasteiger partial charge on any atom is -0.463 e. The van der Waals surface area contributed by atoms with Gasteiger partial charge in [-0.2, -0.15) is 0 Å². The second-order valence-electron chi connectivity index (χ2n) is 6.44. The maximum absolute atomic E-state index is 13.1. The average Bonchev–Trinajstić information content (AvgIpc) is 3.20. The molecule has 0 aliphatic rings. The first-order valence-electron chi connectivity index (χ1n) is 8.94. The first-order valence-corrected chi connectivity index (χ1v) is 8.94. The van der Waals surface area contributed by atoms with Crippen molar-refractivity contribution in [1.29, 1.82) is 0 Å². The third-order valence-corrected chi connectivity index (χ3v) is 4.73. The number of aromatic nitrogens is 1. The SMILES string of the molecule is O=c1c(-c2noc(-c3ccccc3)c2-c2ccccc2)coc2ccccc12. The fourth-order valence-electron chi connectivity index (χ4n) is 3.37. The van der Waals surface area contributed by atoms with Crippen molar-refractivity contribution < 1.29 is 8.94 Å².